The lowest BCUT2D eigenvalue weighted by Crippen LogP contribution is -2.24. The number of nitrogens with one attached hydrogen (secondary N) is 2. The van der Waals surface area contributed by atoms with Crippen LogP contribution in [0.3, 0.4) is 0 Å². The monoisotopic (exact) mass is 252 g/mol. The summed E-state index contributed by atoms with van der Waals surface area (Å²) in [5.74, 6) is 5.65. The van der Waals surface area contributed by atoms with Gasteiger partial charge in [-0.25, -0.2) is 4.79 Å². The van der Waals surface area contributed by atoms with E-state index in [9.17, 15) is 4.79 Å². The first kappa shape index (κ1) is 13.4. The summed E-state index contributed by atoms with van der Waals surface area (Å²) in [5.41, 5.74) is 1.20. The van der Waals surface area contributed by atoms with Gasteiger partial charge in [0.1, 0.15) is 0 Å². The summed E-state index contributed by atoms with van der Waals surface area (Å²) < 4.78 is 0. The summed E-state index contributed by atoms with van der Waals surface area (Å²) in [5, 5.41) is 14.2. The Balaban J connectivity index is 2.96. The van der Waals surface area contributed by atoms with E-state index in [-0.39, 0.29) is 12.6 Å². The summed E-state index contributed by atoms with van der Waals surface area (Å²) in [4.78, 5) is 11.2. The van der Waals surface area contributed by atoms with E-state index in [0.717, 1.165) is 0 Å². The molecule has 1 rings (SSSR count). The minimum atomic E-state index is -0.336. The highest BCUT2D eigenvalue weighted by atomic mass is 35.5. The van der Waals surface area contributed by atoms with E-state index >= 15 is 0 Å². The molecule has 90 valence electrons. The lowest BCUT2D eigenvalue weighted by molar-refractivity contribution is 0.254. The van der Waals surface area contributed by atoms with Crippen LogP contribution in [0, 0.1) is 11.8 Å². The number of hydrogen-bond donors (Lipinski definition) is 3. The van der Waals surface area contributed by atoms with E-state index in [0.29, 0.717) is 22.7 Å². The fraction of sp³-hybridized carbons (Fsp3) is 0.250. The molecule has 1 aromatic rings. The van der Waals surface area contributed by atoms with Crippen molar-refractivity contribution in [1.82, 2.24) is 5.32 Å². The van der Waals surface area contributed by atoms with Crippen LogP contribution in [0.15, 0.2) is 18.2 Å². The molecule has 0 aliphatic carbocycles. The van der Waals surface area contributed by atoms with Crippen LogP contribution in [0.2, 0.25) is 5.02 Å². The average molecular weight is 253 g/mol. The third-order valence-electron chi connectivity index (χ3n) is 1.92. The SMILES string of the molecule is CNC(=O)Nc1cc(Cl)ccc1C#CCCO. The number of urea groups is 1. The molecule has 0 fully saturated rings. The Hall–Kier alpha value is -1.70. The number of aliphatic hydroxyl groups excluding tert-OH is 1. The number of hydrogen-bond acceptors (Lipinski definition) is 2. The molecule has 0 saturated heterocycles. The predicted octanol–water partition coefficient (Wildman–Crippen LogP) is 1.83. The van der Waals surface area contributed by atoms with Gasteiger partial charge in [-0.1, -0.05) is 23.4 Å². The number of amides is 2. The molecule has 0 bridgehead atoms. The topological polar surface area (TPSA) is 61.4 Å². The van der Waals surface area contributed by atoms with Crippen LogP contribution >= 0.6 is 11.6 Å². The zero-order chi connectivity index (χ0) is 12.7. The molecule has 1 aromatic carbocycles. The van der Waals surface area contributed by atoms with Crippen LogP contribution in [0.4, 0.5) is 10.5 Å². The van der Waals surface area contributed by atoms with Crippen molar-refractivity contribution in [3.8, 4) is 11.8 Å². The number of halogens is 1. The molecule has 0 aromatic heterocycles. The maximum atomic E-state index is 11.2. The average Bonchev–Trinajstić information content (AvgIpc) is 2.32. The Bertz CT molecular complexity index is 463. The van der Waals surface area contributed by atoms with Gasteiger partial charge in [0, 0.05) is 24.1 Å². The predicted molar refractivity (Wildman–Crippen MR) is 68.1 cm³/mol. The summed E-state index contributed by atoms with van der Waals surface area (Å²) in [6, 6.07) is 4.70. The van der Waals surface area contributed by atoms with Crippen LogP contribution in [-0.2, 0) is 0 Å². The van der Waals surface area contributed by atoms with Gasteiger partial charge >= 0.3 is 6.03 Å². The van der Waals surface area contributed by atoms with Gasteiger partial charge in [-0.15, -0.1) is 0 Å². The smallest absolute Gasteiger partial charge is 0.319 e. The van der Waals surface area contributed by atoms with Crippen molar-refractivity contribution >= 4 is 23.3 Å². The van der Waals surface area contributed by atoms with Crippen LogP contribution in [0.25, 0.3) is 0 Å². The molecular weight excluding hydrogens is 240 g/mol. The Morgan fingerprint density at radius 1 is 1.53 bits per heavy atom. The highest BCUT2D eigenvalue weighted by Crippen LogP contribution is 2.20. The largest absolute Gasteiger partial charge is 0.395 e. The molecule has 17 heavy (non-hydrogen) atoms. The van der Waals surface area contributed by atoms with Crippen molar-refractivity contribution in [2.75, 3.05) is 19.0 Å². The zero-order valence-corrected chi connectivity index (χ0v) is 10.1. The van der Waals surface area contributed by atoms with Crippen molar-refractivity contribution in [2.45, 2.75) is 6.42 Å². The second kappa shape index (κ2) is 6.79. The van der Waals surface area contributed by atoms with Crippen molar-refractivity contribution in [1.29, 1.82) is 0 Å². The van der Waals surface area contributed by atoms with Crippen LogP contribution in [0.5, 0.6) is 0 Å². The molecule has 0 atom stereocenters. The molecular formula is C12H13ClN2O2. The van der Waals surface area contributed by atoms with E-state index < -0.39 is 0 Å². The Morgan fingerprint density at radius 2 is 2.29 bits per heavy atom. The van der Waals surface area contributed by atoms with E-state index in [1.54, 1.807) is 18.2 Å². The van der Waals surface area contributed by atoms with Gasteiger partial charge in [0.15, 0.2) is 0 Å². The van der Waals surface area contributed by atoms with Crippen molar-refractivity contribution in [3.63, 3.8) is 0 Å². The second-order valence-corrected chi connectivity index (χ2v) is 3.61. The third kappa shape index (κ3) is 4.35. The summed E-state index contributed by atoms with van der Waals surface area (Å²) in [7, 11) is 1.52. The second-order valence-electron chi connectivity index (χ2n) is 3.17. The minimum absolute atomic E-state index is 0.0127. The third-order valence-corrected chi connectivity index (χ3v) is 2.15. The number of benzene rings is 1. The first-order valence-electron chi connectivity index (χ1n) is 5.05. The zero-order valence-electron chi connectivity index (χ0n) is 9.38. The molecule has 0 heterocycles. The minimum Gasteiger partial charge on any atom is -0.395 e. The van der Waals surface area contributed by atoms with Gasteiger partial charge in [-0.05, 0) is 18.2 Å². The summed E-state index contributed by atoms with van der Waals surface area (Å²) >= 11 is 5.84. The summed E-state index contributed by atoms with van der Waals surface area (Å²) in [6.45, 7) is 0.0127. The van der Waals surface area contributed by atoms with Gasteiger partial charge < -0.3 is 15.7 Å². The van der Waals surface area contributed by atoms with Crippen molar-refractivity contribution in [2.24, 2.45) is 0 Å². The standard InChI is InChI=1S/C12H13ClN2O2/c1-14-12(17)15-11-8-10(13)6-5-9(11)4-2-3-7-16/h5-6,8,16H,3,7H2,1H3,(H2,14,15,17). The number of rotatable bonds is 2. The maximum Gasteiger partial charge on any atom is 0.319 e. The highest BCUT2D eigenvalue weighted by molar-refractivity contribution is 6.31. The van der Waals surface area contributed by atoms with Crippen LogP contribution in [0.1, 0.15) is 12.0 Å². The first-order chi connectivity index (χ1) is 8.17. The van der Waals surface area contributed by atoms with Gasteiger partial charge in [-0.2, -0.15) is 0 Å². The lowest BCUT2D eigenvalue weighted by Gasteiger charge is -2.07. The molecule has 0 saturated carbocycles. The molecule has 0 radical (unpaired) electrons. The Kier molecular flexibility index (Phi) is 5.34. The van der Waals surface area contributed by atoms with Gasteiger partial charge in [0.05, 0.1) is 12.3 Å². The number of anilines is 1. The highest BCUT2D eigenvalue weighted by Gasteiger charge is 2.04. The molecule has 5 heteroatoms. The van der Waals surface area contributed by atoms with E-state index in [4.69, 9.17) is 16.7 Å². The van der Waals surface area contributed by atoms with E-state index in [1.807, 2.05) is 0 Å². The van der Waals surface area contributed by atoms with Crippen LogP contribution < -0.4 is 10.6 Å². The quantitative estimate of drug-likeness (QED) is 0.703. The fourth-order valence-corrected chi connectivity index (χ4v) is 1.30. The number of carbonyl (C=O) groups is 1. The molecule has 2 amide bonds. The van der Waals surface area contributed by atoms with E-state index in [1.165, 1.54) is 7.05 Å². The normalized spacial score (nSPS) is 9.12. The summed E-state index contributed by atoms with van der Waals surface area (Å²) in [6.07, 6.45) is 0.391. The van der Waals surface area contributed by atoms with Crippen molar-refractivity contribution in [3.05, 3.63) is 28.8 Å². The van der Waals surface area contributed by atoms with Crippen LogP contribution in [-0.4, -0.2) is 24.8 Å². The molecule has 3 N–H and O–H groups in total. The Morgan fingerprint density at radius 3 is 2.94 bits per heavy atom. The fourth-order valence-electron chi connectivity index (χ4n) is 1.13. The van der Waals surface area contributed by atoms with Gasteiger partial charge in [0.25, 0.3) is 0 Å². The molecule has 0 aliphatic rings. The maximum absolute atomic E-state index is 11.2. The first-order valence-corrected chi connectivity index (χ1v) is 5.43. The molecule has 4 nitrogen and oxygen atoms in total. The number of aliphatic hydroxyl groups is 1. The van der Waals surface area contributed by atoms with Gasteiger partial charge in [0.2, 0.25) is 0 Å². The number of carbonyl (C=O) groups excluding carboxylic acids is 1. The Labute approximate surface area is 105 Å². The molecule has 0 aliphatic heterocycles. The lowest BCUT2D eigenvalue weighted by atomic mass is 10.2. The van der Waals surface area contributed by atoms with E-state index in [2.05, 4.69) is 22.5 Å². The van der Waals surface area contributed by atoms with Crippen molar-refractivity contribution < 1.29 is 9.90 Å². The van der Waals surface area contributed by atoms with Gasteiger partial charge in [-0.3, -0.25) is 0 Å². The molecule has 0 unspecified atom stereocenters. The molecule has 0 spiro atoms.